The van der Waals surface area contributed by atoms with Gasteiger partial charge in [-0.1, -0.05) is 24.3 Å². The Morgan fingerprint density at radius 1 is 1.04 bits per heavy atom. The number of ketones is 1. The van der Waals surface area contributed by atoms with Gasteiger partial charge in [-0.3, -0.25) is 4.79 Å². The molecule has 4 nitrogen and oxygen atoms in total. The van der Waals surface area contributed by atoms with Gasteiger partial charge < -0.3 is 9.47 Å². The van der Waals surface area contributed by atoms with Gasteiger partial charge in [0.05, 0.1) is 24.8 Å². The van der Waals surface area contributed by atoms with Crippen molar-refractivity contribution in [2.75, 3.05) is 19.5 Å². The number of rotatable bonds is 8. The molecule has 0 atom stereocenters. The zero-order chi connectivity index (χ0) is 17.4. The summed E-state index contributed by atoms with van der Waals surface area (Å²) in [6.45, 7) is 2.07. The minimum atomic E-state index is -0.327. The standard InChI is InChI=1S/C19H20O4S/c1-14(20)17-5-3-4-6-18(17)23-11-12-24-13-15-7-9-16(10-8-15)19(21)22-2/h3-10H,11-13H2,1-2H3. The molecule has 2 aromatic carbocycles. The SMILES string of the molecule is COC(=O)c1ccc(CSCCOc2ccccc2C(C)=O)cc1. The largest absolute Gasteiger partial charge is 0.492 e. The van der Waals surface area contributed by atoms with Gasteiger partial charge in [-0.15, -0.1) is 0 Å². The van der Waals surface area contributed by atoms with Gasteiger partial charge in [0.25, 0.3) is 0 Å². The third-order valence-corrected chi connectivity index (χ3v) is 4.39. The zero-order valence-electron chi connectivity index (χ0n) is 13.8. The van der Waals surface area contributed by atoms with Gasteiger partial charge in [0, 0.05) is 11.5 Å². The molecule has 0 aliphatic rings. The van der Waals surface area contributed by atoms with E-state index in [0.717, 1.165) is 17.1 Å². The molecule has 0 spiro atoms. The van der Waals surface area contributed by atoms with E-state index in [1.165, 1.54) is 14.0 Å². The number of Topliss-reactive ketones (excluding diaryl/α,β-unsaturated/α-hetero) is 1. The van der Waals surface area contributed by atoms with E-state index in [4.69, 9.17) is 4.74 Å². The average Bonchev–Trinajstić information content (AvgIpc) is 2.61. The van der Waals surface area contributed by atoms with Crippen molar-refractivity contribution in [1.29, 1.82) is 0 Å². The number of hydrogen-bond acceptors (Lipinski definition) is 5. The predicted molar refractivity (Wildman–Crippen MR) is 95.9 cm³/mol. The molecular formula is C19H20O4S. The summed E-state index contributed by atoms with van der Waals surface area (Å²) < 4.78 is 10.4. The van der Waals surface area contributed by atoms with Gasteiger partial charge in [-0.25, -0.2) is 4.79 Å². The van der Waals surface area contributed by atoms with Gasteiger partial charge in [0.15, 0.2) is 5.78 Å². The van der Waals surface area contributed by atoms with Crippen molar-refractivity contribution < 1.29 is 19.1 Å². The number of benzene rings is 2. The molecule has 5 heteroatoms. The molecule has 0 fully saturated rings. The summed E-state index contributed by atoms with van der Waals surface area (Å²) in [4.78, 5) is 22.9. The Morgan fingerprint density at radius 2 is 1.75 bits per heavy atom. The number of esters is 1. The van der Waals surface area contributed by atoms with Crippen LogP contribution in [0.4, 0.5) is 0 Å². The molecule has 0 aliphatic heterocycles. The van der Waals surface area contributed by atoms with Crippen LogP contribution in [0.2, 0.25) is 0 Å². The minimum Gasteiger partial charge on any atom is -0.492 e. The van der Waals surface area contributed by atoms with Crippen LogP contribution in [0.15, 0.2) is 48.5 Å². The number of hydrogen-bond donors (Lipinski definition) is 0. The molecular weight excluding hydrogens is 324 g/mol. The van der Waals surface area contributed by atoms with Crippen LogP contribution in [-0.4, -0.2) is 31.2 Å². The van der Waals surface area contributed by atoms with Crippen LogP contribution in [0.5, 0.6) is 5.75 Å². The third-order valence-electron chi connectivity index (χ3n) is 3.40. The van der Waals surface area contributed by atoms with E-state index in [1.54, 1.807) is 30.0 Å². The molecule has 0 radical (unpaired) electrons. The second kappa shape index (κ2) is 9.13. The molecule has 0 aliphatic carbocycles. The van der Waals surface area contributed by atoms with Crippen LogP contribution in [0.3, 0.4) is 0 Å². The number of ether oxygens (including phenoxy) is 2. The lowest BCUT2D eigenvalue weighted by Gasteiger charge is -2.09. The highest BCUT2D eigenvalue weighted by atomic mass is 32.2. The summed E-state index contributed by atoms with van der Waals surface area (Å²) in [5, 5.41) is 0. The van der Waals surface area contributed by atoms with E-state index in [9.17, 15) is 9.59 Å². The Balaban J connectivity index is 1.76. The lowest BCUT2D eigenvalue weighted by molar-refractivity contribution is 0.0600. The highest BCUT2D eigenvalue weighted by Crippen LogP contribution is 2.19. The molecule has 0 bridgehead atoms. The lowest BCUT2D eigenvalue weighted by atomic mass is 10.1. The van der Waals surface area contributed by atoms with Gasteiger partial charge in [-0.05, 0) is 36.8 Å². The topological polar surface area (TPSA) is 52.6 Å². The van der Waals surface area contributed by atoms with E-state index < -0.39 is 0 Å². The van der Waals surface area contributed by atoms with Gasteiger partial charge >= 0.3 is 5.97 Å². The van der Waals surface area contributed by atoms with Crippen molar-refractivity contribution in [1.82, 2.24) is 0 Å². The zero-order valence-corrected chi connectivity index (χ0v) is 14.6. The quantitative estimate of drug-likeness (QED) is 0.412. The summed E-state index contributed by atoms with van der Waals surface area (Å²) in [5.74, 6) is 1.95. The maximum atomic E-state index is 11.5. The molecule has 2 aromatic rings. The van der Waals surface area contributed by atoms with E-state index in [1.807, 2.05) is 30.3 Å². The first kappa shape index (κ1) is 18.1. The minimum absolute atomic E-state index is 0.00366. The Morgan fingerprint density at radius 3 is 2.42 bits per heavy atom. The molecule has 126 valence electrons. The van der Waals surface area contributed by atoms with E-state index in [-0.39, 0.29) is 11.8 Å². The van der Waals surface area contributed by atoms with Crippen molar-refractivity contribution in [3.63, 3.8) is 0 Å². The first-order valence-electron chi connectivity index (χ1n) is 7.59. The molecule has 0 saturated heterocycles. The van der Waals surface area contributed by atoms with Gasteiger partial charge in [0.1, 0.15) is 5.75 Å². The van der Waals surface area contributed by atoms with Crippen LogP contribution in [0.1, 0.15) is 33.2 Å². The van der Waals surface area contributed by atoms with Crippen molar-refractivity contribution in [2.45, 2.75) is 12.7 Å². The fourth-order valence-corrected chi connectivity index (χ4v) is 2.91. The van der Waals surface area contributed by atoms with E-state index in [0.29, 0.717) is 23.5 Å². The van der Waals surface area contributed by atoms with Crippen LogP contribution < -0.4 is 4.74 Å². The Labute approximate surface area is 146 Å². The summed E-state index contributed by atoms with van der Waals surface area (Å²) in [6, 6.07) is 14.6. The first-order chi connectivity index (χ1) is 11.6. The molecule has 24 heavy (non-hydrogen) atoms. The molecule has 2 rings (SSSR count). The number of thioether (sulfide) groups is 1. The maximum absolute atomic E-state index is 11.5. The number of methoxy groups -OCH3 is 1. The molecule has 0 unspecified atom stereocenters. The Kier molecular flexibility index (Phi) is 6.88. The number of para-hydroxylation sites is 1. The fourth-order valence-electron chi connectivity index (χ4n) is 2.14. The molecule has 0 aromatic heterocycles. The van der Waals surface area contributed by atoms with Crippen LogP contribution >= 0.6 is 11.8 Å². The fraction of sp³-hybridized carbons (Fsp3) is 0.263. The average molecular weight is 344 g/mol. The maximum Gasteiger partial charge on any atom is 0.337 e. The smallest absolute Gasteiger partial charge is 0.337 e. The van der Waals surface area contributed by atoms with Crippen molar-refractivity contribution >= 4 is 23.5 Å². The summed E-state index contributed by atoms with van der Waals surface area (Å²) in [7, 11) is 1.37. The Bertz CT molecular complexity index is 695. The molecule has 0 saturated carbocycles. The molecule has 0 N–H and O–H groups in total. The lowest BCUT2D eigenvalue weighted by Crippen LogP contribution is -2.04. The molecule has 0 amide bonds. The van der Waals surface area contributed by atoms with E-state index in [2.05, 4.69) is 4.74 Å². The first-order valence-corrected chi connectivity index (χ1v) is 8.75. The van der Waals surface area contributed by atoms with Crippen LogP contribution in [-0.2, 0) is 10.5 Å². The van der Waals surface area contributed by atoms with E-state index >= 15 is 0 Å². The second-order valence-corrected chi connectivity index (χ2v) is 6.25. The van der Waals surface area contributed by atoms with Gasteiger partial charge in [0.2, 0.25) is 0 Å². The molecule has 0 heterocycles. The highest BCUT2D eigenvalue weighted by molar-refractivity contribution is 7.98. The number of carbonyl (C=O) groups is 2. The normalized spacial score (nSPS) is 10.2. The van der Waals surface area contributed by atoms with Crippen LogP contribution in [0.25, 0.3) is 0 Å². The van der Waals surface area contributed by atoms with Crippen molar-refractivity contribution in [2.24, 2.45) is 0 Å². The predicted octanol–water partition coefficient (Wildman–Crippen LogP) is 3.99. The summed E-state index contributed by atoms with van der Waals surface area (Å²) in [5.41, 5.74) is 2.30. The Hall–Kier alpha value is -2.27. The van der Waals surface area contributed by atoms with Crippen molar-refractivity contribution in [3.05, 3.63) is 65.2 Å². The number of carbonyl (C=O) groups excluding carboxylic acids is 2. The third kappa shape index (κ3) is 5.13. The highest BCUT2D eigenvalue weighted by Gasteiger charge is 2.07. The van der Waals surface area contributed by atoms with Crippen LogP contribution in [0, 0.1) is 0 Å². The summed E-state index contributed by atoms with van der Waals surface area (Å²) >= 11 is 1.73. The van der Waals surface area contributed by atoms with Gasteiger partial charge in [-0.2, -0.15) is 11.8 Å². The second-order valence-electron chi connectivity index (χ2n) is 5.14. The van der Waals surface area contributed by atoms with Crippen molar-refractivity contribution in [3.8, 4) is 5.75 Å². The monoisotopic (exact) mass is 344 g/mol. The summed E-state index contributed by atoms with van der Waals surface area (Å²) in [6.07, 6.45) is 0.